The van der Waals surface area contributed by atoms with Crippen molar-refractivity contribution in [1.82, 2.24) is 9.88 Å². The predicted molar refractivity (Wildman–Crippen MR) is 91.4 cm³/mol. The van der Waals surface area contributed by atoms with E-state index in [4.69, 9.17) is 9.47 Å². The summed E-state index contributed by atoms with van der Waals surface area (Å²) in [5.41, 5.74) is 0.699. The van der Waals surface area contributed by atoms with Gasteiger partial charge >= 0.3 is 0 Å². The molecule has 3 rings (SSSR count). The Hall–Kier alpha value is -2.56. The number of nitrogens with zero attached hydrogens (tertiary/aromatic N) is 2. The molecule has 0 N–H and O–H groups in total. The molecule has 5 nitrogen and oxygen atoms in total. The summed E-state index contributed by atoms with van der Waals surface area (Å²) in [6, 6.07) is 11.1. The van der Waals surface area contributed by atoms with Crippen molar-refractivity contribution in [2.75, 3.05) is 19.7 Å². The number of amides is 1. The van der Waals surface area contributed by atoms with Crippen molar-refractivity contribution in [3.8, 4) is 11.5 Å². The number of carbonyl (C=O) groups is 1. The average molecular weight is 326 g/mol. The lowest BCUT2D eigenvalue weighted by Crippen LogP contribution is -2.41. The zero-order chi connectivity index (χ0) is 16.8. The van der Waals surface area contributed by atoms with Gasteiger partial charge in [0.25, 0.3) is 5.91 Å². The van der Waals surface area contributed by atoms with E-state index in [1.807, 2.05) is 48.2 Å². The molecule has 1 aliphatic rings. The molecule has 0 aliphatic carbocycles. The molecule has 1 amide bonds. The van der Waals surface area contributed by atoms with Gasteiger partial charge in [0.05, 0.1) is 12.8 Å². The van der Waals surface area contributed by atoms with E-state index in [1.54, 1.807) is 12.4 Å². The second-order valence-electron chi connectivity index (χ2n) is 5.76. The predicted octanol–water partition coefficient (Wildman–Crippen LogP) is 3.16. The van der Waals surface area contributed by atoms with Crippen LogP contribution >= 0.6 is 0 Å². The van der Waals surface area contributed by atoms with Crippen molar-refractivity contribution in [1.29, 1.82) is 0 Å². The molecule has 0 spiro atoms. The maximum Gasteiger partial charge on any atom is 0.253 e. The Morgan fingerprint density at radius 1 is 1.17 bits per heavy atom. The highest BCUT2D eigenvalue weighted by molar-refractivity contribution is 5.94. The van der Waals surface area contributed by atoms with E-state index in [2.05, 4.69) is 4.98 Å². The van der Waals surface area contributed by atoms with Gasteiger partial charge in [0.1, 0.15) is 17.6 Å². The number of pyridine rings is 1. The molecule has 0 unspecified atom stereocenters. The highest BCUT2D eigenvalue weighted by Gasteiger charge is 2.24. The lowest BCUT2D eigenvalue weighted by molar-refractivity contribution is 0.0595. The van der Waals surface area contributed by atoms with Gasteiger partial charge in [0.15, 0.2) is 0 Å². The van der Waals surface area contributed by atoms with Gasteiger partial charge in [-0.05, 0) is 43.3 Å². The van der Waals surface area contributed by atoms with Crippen molar-refractivity contribution >= 4 is 5.91 Å². The van der Waals surface area contributed by atoms with Crippen molar-refractivity contribution in [2.45, 2.75) is 25.9 Å². The Balaban J connectivity index is 1.53. The molecule has 1 aromatic carbocycles. The molecule has 1 aromatic heterocycles. The maximum absolute atomic E-state index is 12.6. The van der Waals surface area contributed by atoms with Crippen molar-refractivity contribution < 1.29 is 14.3 Å². The van der Waals surface area contributed by atoms with Gasteiger partial charge in [-0.15, -0.1) is 0 Å². The van der Waals surface area contributed by atoms with Crippen molar-refractivity contribution in [3.63, 3.8) is 0 Å². The fraction of sp³-hybridized carbons (Fsp3) is 0.368. The number of rotatable bonds is 5. The van der Waals surface area contributed by atoms with E-state index in [-0.39, 0.29) is 12.0 Å². The number of likely N-dealkylation sites (tertiary alicyclic amines) is 1. The number of benzene rings is 1. The zero-order valence-corrected chi connectivity index (χ0v) is 13.9. The summed E-state index contributed by atoms with van der Waals surface area (Å²) in [4.78, 5) is 18.5. The van der Waals surface area contributed by atoms with Gasteiger partial charge in [-0.1, -0.05) is 0 Å². The van der Waals surface area contributed by atoms with Crippen molar-refractivity contribution in [3.05, 3.63) is 54.4 Å². The summed E-state index contributed by atoms with van der Waals surface area (Å²) < 4.78 is 11.3. The van der Waals surface area contributed by atoms with Crippen LogP contribution in [0, 0.1) is 0 Å². The second kappa shape index (κ2) is 7.81. The topological polar surface area (TPSA) is 51.7 Å². The third-order valence-electron chi connectivity index (χ3n) is 4.08. The first-order chi connectivity index (χ1) is 11.8. The molecule has 0 atom stereocenters. The van der Waals surface area contributed by atoms with Crippen LogP contribution in [0.25, 0.3) is 0 Å². The third kappa shape index (κ3) is 4.04. The molecule has 1 aliphatic heterocycles. The number of carbonyl (C=O) groups excluding carboxylic acids is 1. The van der Waals surface area contributed by atoms with Crippen molar-refractivity contribution in [2.24, 2.45) is 0 Å². The summed E-state index contributed by atoms with van der Waals surface area (Å²) in [6.45, 7) is 3.97. The molecule has 0 radical (unpaired) electrons. The van der Waals surface area contributed by atoms with E-state index in [0.717, 1.165) is 24.3 Å². The summed E-state index contributed by atoms with van der Waals surface area (Å²) in [5, 5.41) is 0. The van der Waals surface area contributed by atoms with Gasteiger partial charge in [-0.25, -0.2) is 0 Å². The van der Waals surface area contributed by atoms with Crippen LogP contribution in [0.3, 0.4) is 0 Å². The van der Waals surface area contributed by atoms with Crippen LogP contribution in [-0.2, 0) is 0 Å². The van der Waals surface area contributed by atoms with Crippen LogP contribution in [0.5, 0.6) is 11.5 Å². The molecule has 2 aromatic rings. The largest absolute Gasteiger partial charge is 0.494 e. The first-order valence-corrected chi connectivity index (χ1v) is 8.35. The monoisotopic (exact) mass is 326 g/mol. The fourth-order valence-corrected chi connectivity index (χ4v) is 2.83. The molecular weight excluding hydrogens is 304 g/mol. The molecular formula is C19H22N2O3. The minimum absolute atomic E-state index is 0.0675. The van der Waals surface area contributed by atoms with Crippen LogP contribution < -0.4 is 9.47 Å². The van der Waals surface area contributed by atoms with Gasteiger partial charge < -0.3 is 14.4 Å². The molecule has 126 valence electrons. The summed E-state index contributed by atoms with van der Waals surface area (Å²) in [6.07, 6.45) is 5.25. The Morgan fingerprint density at radius 2 is 1.92 bits per heavy atom. The molecule has 1 fully saturated rings. The van der Waals surface area contributed by atoms with E-state index in [0.29, 0.717) is 25.3 Å². The van der Waals surface area contributed by atoms with E-state index in [1.165, 1.54) is 0 Å². The SMILES string of the molecule is CCOc1ccc(C(=O)N2CCC(Oc3cccnc3)CC2)cc1. The Labute approximate surface area is 142 Å². The van der Waals surface area contributed by atoms with Crippen LogP contribution in [0.4, 0.5) is 0 Å². The average Bonchev–Trinajstić information content (AvgIpc) is 2.64. The van der Waals surface area contributed by atoms with E-state index in [9.17, 15) is 4.79 Å². The lowest BCUT2D eigenvalue weighted by atomic mass is 10.1. The van der Waals surface area contributed by atoms with E-state index < -0.39 is 0 Å². The molecule has 24 heavy (non-hydrogen) atoms. The third-order valence-corrected chi connectivity index (χ3v) is 4.08. The van der Waals surface area contributed by atoms with Gasteiger partial charge in [-0.3, -0.25) is 9.78 Å². The second-order valence-corrected chi connectivity index (χ2v) is 5.76. The zero-order valence-electron chi connectivity index (χ0n) is 13.9. The number of aromatic nitrogens is 1. The standard InChI is InChI=1S/C19H22N2O3/c1-2-23-16-7-5-15(6-8-16)19(22)21-12-9-17(10-13-21)24-18-4-3-11-20-14-18/h3-8,11,14,17H,2,9-10,12-13H2,1H3. The minimum Gasteiger partial charge on any atom is -0.494 e. The summed E-state index contributed by atoms with van der Waals surface area (Å²) in [5.74, 6) is 1.64. The number of ether oxygens (including phenoxy) is 2. The Bertz CT molecular complexity index is 650. The number of piperidine rings is 1. The molecule has 5 heteroatoms. The number of hydrogen-bond acceptors (Lipinski definition) is 4. The van der Waals surface area contributed by atoms with Gasteiger partial charge in [0.2, 0.25) is 0 Å². The Morgan fingerprint density at radius 3 is 2.54 bits per heavy atom. The van der Waals surface area contributed by atoms with Crippen LogP contribution in [0.1, 0.15) is 30.1 Å². The highest BCUT2D eigenvalue weighted by atomic mass is 16.5. The number of hydrogen-bond donors (Lipinski definition) is 0. The Kier molecular flexibility index (Phi) is 5.31. The molecule has 2 heterocycles. The lowest BCUT2D eigenvalue weighted by Gasteiger charge is -2.32. The van der Waals surface area contributed by atoms with Gasteiger partial charge in [-0.2, -0.15) is 0 Å². The summed E-state index contributed by atoms with van der Waals surface area (Å²) >= 11 is 0. The normalized spacial score (nSPS) is 15.1. The first kappa shape index (κ1) is 16.3. The maximum atomic E-state index is 12.6. The first-order valence-electron chi connectivity index (χ1n) is 8.35. The summed E-state index contributed by atoms with van der Waals surface area (Å²) in [7, 11) is 0. The smallest absolute Gasteiger partial charge is 0.253 e. The molecule has 1 saturated heterocycles. The van der Waals surface area contributed by atoms with Gasteiger partial charge in [0, 0.05) is 37.7 Å². The van der Waals surface area contributed by atoms with Crippen LogP contribution in [0.2, 0.25) is 0 Å². The molecule has 0 bridgehead atoms. The van der Waals surface area contributed by atoms with E-state index >= 15 is 0 Å². The highest BCUT2D eigenvalue weighted by Crippen LogP contribution is 2.20. The van der Waals surface area contributed by atoms with Crippen LogP contribution in [-0.4, -0.2) is 41.6 Å². The van der Waals surface area contributed by atoms with Crippen LogP contribution in [0.15, 0.2) is 48.8 Å². The quantitative estimate of drug-likeness (QED) is 0.847. The molecule has 0 saturated carbocycles. The fourth-order valence-electron chi connectivity index (χ4n) is 2.83. The minimum atomic E-state index is 0.0675.